The summed E-state index contributed by atoms with van der Waals surface area (Å²) in [5.74, 6) is -0.331. The van der Waals surface area contributed by atoms with Crippen LogP contribution in [-0.4, -0.2) is 36.5 Å². The van der Waals surface area contributed by atoms with Crippen LogP contribution < -0.4 is 10.6 Å². The minimum Gasteiger partial charge on any atom is -0.335 e. The SMILES string of the molecule is CN(CC(=O)NC(=O)NC1CCCCC1)Cc1cccc(C#N)c1. The maximum absolute atomic E-state index is 12.0. The molecule has 0 unspecified atom stereocenters. The highest BCUT2D eigenvalue weighted by Crippen LogP contribution is 2.17. The van der Waals surface area contributed by atoms with Crippen molar-refractivity contribution in [3.05, 3.63) is 35.4 Å². The molecule has 6 nitrogen and oxygen atoms in total. The molecule has 1 fully saturated rings. The summed E-state index contributed by atoms with van der Waals surface area (Å²) < 4.78 is 0. The first-order valence-corrected chi connectivity index (χ1v) is 8.35. The van der Waals surface area contributed by atoms with Crippen molar-refractivity contribution >= 4 is 11.9 Å². The highest BCUT2D eigenvalue weighted by molar-refractivity contribution is 5.95. The molecule has 0 bridgehead atoms. The van der Waals surface area contributed by atoms with Gasteiger partial charge in [-0.1, -0.05) is 31.4 Å². The fourth-order valence-corrected chi connectivity index (χ4v) is 2.99. The van der Waals surface area contributed by atoms with Gasteiger partial charge in [-0.25, -0.2) is 4.79 Å². The van der Waals surface area contributed by atoms with E-state index in [9.17, 15) is 9.59 Å². The highest BCUT2D eigenvalue weighted by atomic mass is 16.2. The van der Waals surface area contributed by atoms with Crippen LogP contribution in [0.15, 0.2) is 24.3 Å². The maximum Gasteiger partial charge on any atom is 0.321 e. The zero-order valence-electron chi connectivity index (χ0n) is 14.0. The Morgan fingerprint density at radius 2 is 2.04 bits per heavy atom. The van der Waals surface area contributed by atoms with Crippen LogP contribution in [0.1, 0.15) is 43.2 Å². The van der Waals surface area contributed by atoms with Crippen LogP contribution in [0, 0.1) is 11.3 Å². The first-order valence-electron chi connectivity index (χ1n) is 8.35. The molecule has 1 aliphatic rings. The Labute approximate surface area is 142 Å². The van der Waals surface area contributed by atoms with Gasteiger partial charge in [-0.15, -0.1) is 0 Å². The van der Waals surface area contributed by atoms with Gasteiger partial charge in [0.2, 0.25) is 5.91 Å². The van der Waals surface area contributed by atoms with Crippen molar-refractivity contribution in [2.75, 3.05) is 13.6 Å². The fourth-order valence-electron chi connectivity index (χ4n) is 2.99. The number of carbonyl (C=O) groups is 2. The quantitative estimate of drug-likeness (QED) is 0.867. The third kappa shape index (κ3) is 6.01. The summed E-state index contributed by atoms with van der Waals surface area (Å²) in [6, 6.07) is 9.13. The Hall–Kier alpha value is -2.39. The van der Waals surface area contributed by atoms with Gasteiger partial charge in [0.15, 0.2) is 0 Å². The highest BCUT2D eigenvalue weighted by Gasteiger charge is 2.17. The lowest BCUT2D eigenvalue weighted by molar-refractivity contribution is -0.121. The van der Waals surface area contributed by atoms with Crippen molar-refractivity contribution in [2.24, 2.45) is 0 Å². The Morgan fingerprint density at radius 1 is 1.29 bits per heavy atom. The molecule has 0 radical (unpaired) electrons. The third-order valence-electron chi connectivity index (χ3n) is 4.12. The lowest BCUT2D eigenvalue weighted by atomic mass is 9.96. The number of rotatable bonds is 5. The van der Waals surface area contributed by atoms with Crippen molar-refractivity contribution < 1.29 is 9.59 Å². The van der Waals surface area contributed by atoms with Crippen LogP contribution >= 0.6 is 0 Å². The van der Waals surface area contributed by atoms with Gasteiger partial charge in [-0.3, -0.25) is 15.0 Å². The second-order valence-corrected chi connectivity index (χ2v) is 6.34. The standard InChI is InChI=1S/C18H24N4O2/c1-22(12-15-7-5-6-14(10-15)11-19)13-17(23)21-18(24)20-16-8-3-2-4-9-16/h5-7,10,16H,2-4,8-9,12-13H2,1H3,(H2,20,21,23,24). The summed E-state index contributed by atoms with van der Waals surface area (Å²) in [5.41, 5.74) is 1.55. The van der Waals surface area contributed by atoms with Gasteiger partial charge >= 0.3 is 6.03 Å². The van der Waals surface area contributed by atoms with E-state index in [1.807, 2.05) is 12.1 Å². The number of likely N-dealkylation sites (N-methyl/N-ethyl adjacent to an activating group) is 1. The molecule has 6 heteroatoms. The lowest BCUT2D eigenvalue weighted by Crippen LogP contribution is -2.47. The van der Waals surface area contributed by atoms with Gasteiger partial charge in [0.1, 0.15) is 0 Å². The molecule has 3 amide bonds. The monoisotopic (exact) mass is 328 g/mol. The number of hydrogen-bond donors (Lipinski definition) is 2. The molecule has 0 aliphatic heterocycles. The number of amides is 3. The molecule has 2 rings (SSSR count). The topological polar surface area (TPSA) is 85.2 Å². The van der Waals surface area contributed by atoms with E-state index >= 15 is 0 Å². The maximum atomic E-state index is 12.0. The molecule has 0 saturated heterocycles. The van der Waals surface area contributed by atoms with Crippen molar-refractivity contribution in [1.29, 1.82) is 5.26 Å². The number of imide groups is 1. The first kappa shape index (κ1) is 18.0. The predicted octanol–water partition coefficient (Wildman–Crippen LogP) is 2.15. The molecule has 1 aromatic rings. The predicted molar refractivity (Wildman–Crippen MR) is 91.0 cm³/mol. The summed E-state index contributed by atoms with van der Waals surface area (Å²) in [7, 11) is 1.80. The normalized spacial score (nSPS) is 14.9. The zero-order valence-corrected chi connectivity index (χ0v) is 14.0. The van der Waals surface area contributed by atoms with Crippen LogP contribution in [0.4, 0.5) is 4.79 Å². The number of nitrogens with one attached hydrogen (secondary N) is 2. The van der Waals surface area contributed by atoms with E-state index in [4.69, 9.17) is 5.26 Å². The molecule has 1 aliphatic carbocycles. The van der Waals surface area contributed by atoms with Gasteiger partial charge in [-0.2, -0.15) is 5.26 Å². The average Bonchev–Trinajstić information content (AvgIpc) is 2.55. The summed E-state index contributed by atoms with van der Waals surface area (Å²) in [5, 5.41) is 14.1. The van der Waals surface area contributed by atoms with Crippen molar-refractivity contribution in [3.63, 3.8) is 0 Å². The summed E-state index contributed by atoms with van der Waals surface area (Å²) >= 11 is 0. The number of nitriles is 1. The first-order chi connectivity index (χ1) is 11.6. The minimum atomic E-state index is -0.410. The van der Waals surface area contributed by atoms with Crippen molar-refractivity contribution in [3.8, 4) is 6.07 Å². The molecule has 0 spiro atoms. The van der Waals surface area contributed by atoms with Crippen LogP contribution in [0.25, 0.3) is 0 Å². The second kappa shape index (κ2) is 9.04. The Balaban J connectivity index is 1.74. The Kier molecular flexibility index (Phi) is 6.76. The summed E-state index contributed by atoms with van der Waals surface area (Å²) in [6.07, 6.45) is 5.44. The molecule has 24 heavy (non-hydrogen) atoms. The van der Waals surface area contributed by atoms with E-state index in [1.54, 1.807) is 24.1 Å². The smallest absolute Gasteiger partial charge is 0.321 e. The fraction of sp³-hybridized carbons (Fsp3) is 0.500. The van der Waals surface area contributed by atoms with Gasteiger partial charge < -0.3 is 5.32 Å². The number of carbonyl (C=O) groups excluding carboxylic acids is 2. The molecule has 2 N–H and O–H groups in total. The van der Waals surface area contributed by atoms with Crippen molar-refractivity contribution in [2.45, 2.75) is 44.7 Å². The van der Waals surface area contributed by atoms with E-state index in [0.717, 1.165) is 31.2 Å². The lowest BCUT2D eigenvalue weighted by Gasteiger charge is -2.23. The molecule has 1 saturated carbocycles. The number of benzene rings is 1. The summed E-state index contributed by atoms with van der Waals surface area (Å²) in [6.45, 7) is 0.655. The number of hydrogen-bond acceptors (Lipinski definition) is 4. The molecule has 0 heterocycles. The number of urea groups is 1. The molecule has 0 aromatic heterocycles. The van der Waals surface area contributed by atoms with Crippen LogP contribution in [-0.2, 0) is 11.3 Å². The van der Waals surface area contributed by atoms with E-state index in [2.05, 4.69) is 16.7 Å². The van der Waals surface area contributed by atoms with E-state index in [-0.39, 0.29) is 18.5 Å². The Bertz CT molecular complexity index is 618. The van der Waals surface area contributed by atoms with E-state index in [1.165, 1.54) is 6.42 Å². The van der Waals surface area contributed by atoms with Gasteiger partial charge in [0.25, 0.3) is 0 Å². The molecule has 128 valence electrons. The third-order valence-corrected chi connectivity index (χ3v) is 4.12. The van der Waals surface area contributed by atoms with Crippen molar-refractivity contribution in [1.82, 2.24) is 15.5 Å². The van der Waals surface area contributed by atoms with Gasteiger partial charge in [0.05, 0.1) is 18.2 Å². The largest absolute Gasteiger partial charge is 0.335 e. The van der Waals surface area contributed by atoms with Crippen LogP contribution in [0.2, 0.25) is 0 Å². The van der Waals surface area contributed by atoms with Gasteiger partial charge in [0, 0.05) is 12.6 Å². The Morgan fingerprint density at radius 3 is 2.75 bits per heavy atom. The van der Waals surface area contributed by atoms with Gasteiger partial charge in [-0.05, 0) is 37.6 Å². The van der Waals surface area contributed by atoms with E-state index in [0.29, 0.717) is 12.1 Å². The molecule has 1 aromatic carbocycles. The van der Waals surface area contributed by atoms with Crippen LogP contribution in [0.3, 0.4) is 0 Å². The molecule has 0 atom stereocenters. The van der Waals surface area contributed by atoms with E-state index < -0.39 is 6.03 Å². The second-order valence-electron chi connectivity index (χ2n) is 6.34. The van der Waals surface area contributed by atoms with Crippen LogP contribution in [0.5, 0.6) is 0 Å². The minimum absolute atomic E-state index is 0.120. The molecular weight excluding hydrogens is 304 g/mol. The number of nitrogens with zero attached hydrogens (tertiary/aromatic N) is 2. The molecular formula is C18H24N4O2. The zero-order chi connectivity index (χ0) is 17.4. The summed E-state index contributed by atoms with van der Waals surface area (Å²) in [4.78, 5) is 25.6. The average molecular weight is 328 g/mol.